The lowest BCUT2D eigenvalue weighted by Gasteiger charge is -2.23. The number of amides is 1. The normalized spacial score (nSPS) is 17.3. The lowest BCUT2D eigenvalue weighted by atomic mass is 10.2. The molecule has 1 heterocycles. The van der Waals surface area contributed by atoms with Crippen molar-refractivity contribution in [2.75, 3.05) is 46.8 Å². The Morgan fingerprint density at radius 1 is 1.15 bits per heavy atom. The van der Waals surface area contributed by atoms with Gasteiger partial charge < -0.3 is 14.7 Å². The van der Waals surface area contributed by atoms with Crippen LogP contribution in [0.1, 0.15) is 18.9 Å². The van der Waals surface area contributed by atoms with Gasteiger partial charge in [-0.05, 0) is 32.5 Å². The number of carboxylic acid groups (broad SMARTS) is 1. The van der Waals surface area contributed by atoms with Crippen molar-refractivity contribution in [3.8, 4) is 5.75 Å². The van der Waals surface area contributed by atoms with Gasteiger partial charge in [-0.2, -0.15) is 0 Å². The van der Waals surface area contributed by atoms with Crippen LogP contribution in [-0.4, -0.2) is 84.6 Å². The van der Waals surface area contributed by atoms with Crippen LogP contribution in [0.2, 0.25) is 0 Å². The molecule has 1 aliphatic heterocycles. The fourth-order valence-corrected chi connectivity index (χ4v) is 2.90. The molecule has 0 radical (unpaired) electrons. The molecule has 0 aromatic heterocycles. The summed E-state index contributed by atoms with van der Waals surface area (Å²) in [6.07, 6.45) is 0.114. The number of benzene rings is 1. The summed E-state index contributed by atoms with van der Waals surface area (Å²) in [6, 6.07) is 7.58. The van der Waals surface area contributed by atoms with Crippen LogP contribution in [0, 0.1) is 0 Å². The number of rotatable bonds is 7. The monoisotopic (exact) mass is 363 g/mol. The number of likely N-dealkylation sites (N-methyl/N-ethyl adjacent to an activating group) is 1. The molecular weight excluding hydrogens is 334 g/mol. The van der Waals surface area contributed by atoms with Crippen LogP contribution < -0.4 is 4.74 Å². The number of hydrogen-bond donors (Lipinski definition) is 1. The lowest BCUT2D eigenvalue weighted by Crippen LogP contribution is -2.38. The van der Waals surface area contributed by atoms with Gasteiger partial charge in [0.1, 0.15) is 5.75 Å². The van der Waals surface area contributed by atoms with Crippen LogP contribution in [0.25, 0.3) is 0 Å². The Morgan fingerprint density at radius 3 is 2.50 bits per heavy atom. The number of hydrogen-bond acceptors (Lipinski definition) is 5. The summed E-state index contributed by atoms with van der Waals surface area (Å²) in [5.41, 5.74) is 0.985. The van der Waals surface area contributed by atoms with Crippen LogP contribution >= 0.6 is 0 Å². The van der Waals surface area contributed by atoms with Gasteiger partial charge in [-0.15, -0.1) is 0 Å². The zero-order valence-electron chi connectivity index (χ0n) is 15.9. The molecule has 7 nitrogen and oxygen atoms in total. The maximum atomic E-state index is 11.9. The highest BCUT2D eigenvalue weighted by Crippen LogP contribution is 2.22. The maximum Gasteiger partial charge on any atom is 0.344 e. The van der Waals surface area contributed by atoms with Crippen molar-refractivity contribution in [3.63, 3.8) is 0 Å². The highest BCUT2D eigenvalue weighted by Gasteiger charge is 2.20. The molecule has 1 fully saturated rings. The first-order valence-electron chi connectivity index (χ1n) is 8.99. The van der Waals surface area contributed by atoms with Gasteiger partial charge in [-0.25, -0.2) is 4.79 Å². The number of aliphatic carboxylic acids is 1. The number of carbonyl (C=O) groups is 2. The Morgan fingerprint density at radius 2 is 1.81 bits per heavy atom. The van der Waals surface area contributed by atoms with E-state index in [1.165, 1.54) is 6.92 Å². The van der Waals surface area contributed by atoms with E-state index in [0.29, 0.717) is 18.8 Å². The van der Waals surface area contributed by atoms with E-state index in [1.807, 2.05) is 24.3 Å². The molecule has 144 valence electrons. The van der Waals surface area contributed by atoms with Crippen molar-refractivity contribution in [2.45, 2.75) is 26.0 Å². The minimum atomic E-state index is -0.976. The van der Waals surface area contributed by atoms with Crippen LogP contribution in [0.4, 0.5) is 0 Å². The van der Waals surface area contributed by atoms with Gasteiger partial charge in [0.15, 0.2) is 6.10 Å². The fourth-order valence-electron chi connectivity index (χ4n) is 2.90. The molecule has 0 bridgehead atoms. The van der Waals surface area contributed by atoms with Gasteiger partial charge in [-0.1, -0.05) is 18.2 Å². The van der Waals surface area contributed by atoms with Crippen molar-refractivity contribution in [2.24, 2.45) is 0 Å². The Balaban J connectivity index is 1.95. The third kappa shape index (κ3) is 6.00. The molecule has 0 aliphatic carbocycles. The quantitative estimate of drug-likeness (QED) is 0.783. The van der Waals surface area contributed by atoms with Crippen LogP contribution in [-0.2, 0) is 16.1 Å². The Hall–Kier alpha value is -2.12. The van der Waals surface area contributed by atoms with Gasteiger partial charge in [0, 0.05) is 39.3 Å². The van der Waals surface area contributed by atoms with E-state index in [9.17, 15) is 9.59 Å². The van der Waals surface area contributed by atoms with Crippen molar-refractivity contribution in [3.05, 3.63) is 29.8 Å². The van der Waals surface area contributed by atoms with Gasteiger partial charge in [0.2, 0.25) is 5.91 Å². The second kappa shape index (κ2) is 9.54. The largest absolute Gasteiger partial charge is 0.479 e. The molecule has 7 heteroatoms. The first-order valence-corrected chi connectivity index (χ1v) is 8.99. The molecule has 1 aromatic rings. The number of ether oxygens (including phenoxy) is 1. The summed E-state index contributed by atoms with van der Waals surface area (Å²) in [5.74, 6) is -0.234. The third-order valence-electron chi connectivity index (χ3n) is 4.56. The predicted octanol–water partition coefficient (Wildman–Crippen LogP) is 1.13. The van der Waals surface area contributed by atoms with Crippen LogP contribution in [0.15, 0.2) is 24.3 Å². The van der Waals surface area contributed by atoms with E-state index < -0.39 is 12.1 Å². The van der Waals surface area contributed by atoms with Gasteiger partial charge >= 0.3 is 5.97 Å². The minimum absolute atomic E-state index is 0.125. The molecule has 26 heavy (non-hydrogen) atoms. The van der Waals surface area contributed by atoms with E-state index in [0.717, 1.165) is 38.2 Å². The maximum absolute atomic E-state index is 11.9. The predicted molar refractivity (Wildman–Crippen MR) is 99.2 cm³/mol. The zero-order valence-corrected chi connectivity index (χ0v) is 15.9. The van der Waals surface area contributed by atoms with E-state index >= 15 is 0 Å². The molecule has 1 N–H and O–H groups in total. The molecule has 1 atom stereocenters. The highest BCUT2D eigenvalue weighted by atomic mass is 16.5. The van der Waals surface area contributed by atoms with E-state index in [4.69, 9.17) is 9.84 Å². The van der Waals surface area contributed by atoms with Crippen LogP contribution in [0.5, 0.6) is 5.75 Å². The molecule has 1 amide bonds. The third-order valence-corrected chi connectivity index (χ3v) is 4.56. The summed E-state index contributed by atoms with van der Waals surface area (Å²) in [6.45, 7) is 6.25. The van der Waals surface area contributed by atoms with Gasteiger partial charge in [0.05, 0.1) is 6.54 Å². The molecule has 1 aromatic carbocycles. The molecular formula is C19H29N3O4. The SMILES string of the molecule is C[C@H](Oc1ccccc1CN1CCCN(CC(=O)N(C)C)CC1)C(=O)O. The number of carboxylic acids is 1. The fraction of sp³-hybridized carbons (Fsp3) is 0.579. The van der Waals surface area contributed by atoms with Crippen molar-refractivity contribution < 1.29 is 19.4 Å². The average Bonchev–Trinajstić information content (AvgIpc) is 2.81. The van der Waals surface area contributed by atoms with Crippen molar-refractivity contribution in [1.29, 1.82) is 0 Å². The number of nitrogens with zero attached hydrogens (tertiary/aromatic N) is 3. The van der Waals surface area contributed by atoms with Gasteiger partial charge in [0.25, 0.3) is 0 Å². The molecule has 0 saturated carbocycles. The summed E-state index contributed by atoms with van der Waals surface area (Å²) >= 11 is 0. The van der Waals surface area contributed by atoms with Gasteiger partial charge in [-0.3, -0.25) is 14.6 Å². The number of para-hydroxylation sites is 1. The average molecular weight is 363 g/mol. The standard InChI is InChI=1S/C19H29N3O4/c1-15(19(24)25)26-17-8-5-4-7-16(17)13-21-9-6-10-22(12-11-21)14-18(23)20(2)3/h4-5,7-8,15H,6,9-14H2,1-3H3,(H,24,25)/t15-/m0/s1. The van der Waals surface area contributed by atoms with E-state index in [1.54, 1.807) is 19.0 Å². The Kier molecular flexibility index (Phi) is 7.41. The first kappa shape index (κ1) is 20.2. The zero-order chi connectivity index (χ0) is 19.1. The van der Waals surface area contributed by atoms with Crippen LogP contribution in [0.3, 0.4) is 0 Å². The molecule has 0 unspecified atom stereocenters. The van der Waals surface area contributed by atoms with Crippen molar-refractivity contribution >= 4 is 11.9 Å². The first-order chi connectivity index (χ1) is 12.4. The van der Waals surface area contributed by atoms with E-state index in [2.05, 4.69) is 9.80 Å². The summed E-state index contributed by atoms with van der Waals surface area (Å²) in [5, 5.41) is 9.06. The molecule has 2 rings (SSSR count). The second-order valence-corrected chi connectivity index (χ2v) is 6.90. The Bertz CT molecular complexity index is 621. The van der Waals surface area contributed by atoms with Crippen molar-refractivity contribution in [1.82, 2.24) is 14.7 Å². The Labute approximate surface area is 155 Å². The lowest BCUT2D eigenvalue weighted by molar-refractivity contribution is -0.144. The molecule has 0 spiro atoms. The smallest absolute Gasteiger partial charge is 0.344 e. The highest BCUT2D eigenvalue weighted by molar-refractivity contribution is 5.77. The van der Waals surface area contributed by atoms with E-state index in [-0.39, 0.29) is 5.91 Å². The topological polar surface area (TPSA) is 73.3 Å². The number of carbonyl (C=O) groups excluding carboxylic acids is 1. The second-order valence-electron chi connectivity index (χ2n) is 6.90. The molecule has 1 aliphatic rings. The summed E-state index contributed by atoms with van der Waals surface area (Å²) < 4.78 is 5.59. The molecule has 1 saturated heterocycles. The summed E-state index contributed by atoms with van der Waals surface area (Å²) in [7, 11) is 3.56. The minimum Gasteiger partial charge on any atom is -0.479 e. The summed E-state index contributed by atoms with van der Waals surface area (Å²) in [4.78, 5) is 29.1.